The van der Waals surface area contributed by atoms with Crippen LogP contribution in [0, 0.1) is 16.0 Å². The average molecular weight is 238 g/mol. The zero-order valence-corrected chi connectivity index (χ0v) is 10.4. The zero-order chi connectivity index (χ0) is 12.8. The number of pyridine rings is 1. The van der Waals surface area contributed by atoms with E-state index in [0.29, 0.717) is 17.6 Å². The molecular formula is C11H18N4O2. The van der Waals surface area contributed by atoms with Crippen LogP contribution in [-0.4, -0.2) is 23.5 Å². The Labute approximate surface area is 101 Å². The second kappa shape index (κ2) is 6.03. The fourth-order valence-electron chi connectivity index (χ4n) is 1.33. The Morgan fingerprint density at radius 2 is 2.06 bits per heavy atom. The van der Waals surface area contributed by atoms with E-state index >= 15 is 0 Å². The molecule has 1 rings (SSSR count). The number of nitro groups is 1. The van der Waals surface area contributed by atoms with Crippen molar-refractivity contribution < 1.29 is 4.92 Å². The zero-order valence-electron chi connectivity index (χ0n) is 10.4. The third-order valence-corrected chi connectivity index (χ3v) is 2.30. The Hall–Kier alpha value is -1.85. The molecule has 1 aromatic rings. The summed E-state index contributed by atoms with van der Waals surface area (Å²) < 4.78 is 0. The van der Waals surface area contributed by atoms with Crippen LogP contribution in [0.1, 0.15) is 20.3 Å². The predicted molar refractivity (Wildman–Crippen MR) is 68.4 cm³/mol. The molecule has 0 aliphatic rings. The van der Waals surface area contributed by atoms with Gasteiger partial charge in [-0.25, -0.2) is 4.98 Å². The minimum Gasteiger partial charge on any atom is -0.373 e. The molecule has 0 radical (unpaired) electrons. The lowest BCUT2D eigenvalue weighted by molar-refractivity contribution is -0.384. The van der Waals surface area contributed by atoms with Gasteiger partial charge in [0.25, 0.3) is 5.69 Å². The molecule has 1 heterocycles. The molecule has 0 bridgehead atoms. The Kier molecular flexibility index (Phi) is 4.68. The molecule has 2 N–H and O–H groups in total. The molecule has 6 nitrogen and oxygen atoms in total. The maximum atomic E-state index is 10.7. The Morgan fingerprint density at radius 3 is 2.59 bits per heavy atom. The standard InChI is InChI=1S/C11H18N4O2/c1-8(2)4-5-13-11-7-9(15(16)17)6-10(12-3)14-11/h6-8H,4-5H2,1-3H3,(H2,12,13,14). The highest BCUT2D eigenvalue weighted by Crippen LogP contribution is 2.20. The molecular weight excluding hydrogens is 220 g/mol. The molecule has 94 valence electrons. The van der Waals surface area contributed by atoms with Crippen molar-refractivity contribution in [2.45, 2.75) is 20.3 Å². The van der Waals surface area contributed by atoms with Crippen LogP contribution in [0.2, 0.25) is 0 Å². The third-order valence-electron chi connectivity index (χ3n) is 2.30. The number of anilines is 2. The van der Waals surface area contributed by atoms with Gasteiger partial charge >= 0.3 is 0 Å². The van der Waals surface area contributed by atoms with Crippen LogP contribution >= 0.6 is 0 Å². The van der Waals surface area contributed by atoms with Crippen molar-refractivity contribution in [1.29, 1.82) is 0 Å². The lowest BCUT2D eigenvalue weighted by Gasteiger charge is -2.08. The van der Waals surface area contributed by atoms with Gasteiger partial charge in [0.15, 0.2) is 0 Å². The van der Waals surface area contributed by atoms with Crippen molar-refractivity contribution in [3.63, 3.8) is 0 Å². The second-order valence-electron chi connectivity index (χ2n) is 4.21. The van der Waals surface area contributed by atoms with Gasteiger partial charge in [-0.15, -0.1) is 0 Å². The van der Waals surface area contributed by atoms with Crippen molar-refractivity contribution >= 4 is 17.3 Å². The maximum absolute atomic E-state index is 10.7. The summed E-state index contributed by atoms with van der Waals surface area (Å²) in [5.41, 5.74) is 0.0383. The Balaban J connectivity index is 2.76. The van der Waals surface area contributed by atoms with Gasteiger partial charge in [0.05, 0.1) is 17.1 Å². The highest BCUT2D eigenvalue weighted by Gasteiger charge is 2.10. The van der Waals surface area contributed by atoms with Gasteiger partial charge in [0.2, 0.25) is 0 Å². The molecule has 6 heteroatoms. The number of aromatic nitrogens is 1. The van der Waals surface area contributed by atoms with Crippen LogP contribution in [0.4, 0.5) is 17.3 Å². The van der Waals surface area contributed by atoms with Gasteiger partial charge in [-0.3, -0.25) is 10.1 Å². The number of rotatable bonds is 6. The summed E-state index contributed by atoms with van der Waals surface area (Å²) in [6.07, 6.45) is 0.999. The van der Waals surface area contributed by atoms with Crippen molar-refractivity contribution in [3.05, 3.63) is 22.2 Å². The first-order valence-electron chi connectivity index (χ1n) is 5.61. The van der Waals surface area contributed by atoms with E-state index in [1.54, 1.807) is 7.05 Å². The summed E-state index contributed by atoms with van der Waals surface area (Å²) in [6, 6.07) is 2.86. The highest BCUT2D eigenvalue weighted by atomic mass is 16.6. The van der Waals surface area contributed by atoms with Crippen LogP contribution < -0.4 is 10.6 Å². The van der Waals surface area contributed by atoms with E-state index in [1.165, 1.54) is 12.1 Å². The molecule has 0 spiro atoms. The van der Waals surface area contributed by atoms with E-state index in [9.17, 15) is 10.1 Å². The first-order chi connectivity index (χ1) is 8.02. The van der Waals surface area contributed by atoms with Gasteiger partial charge < -0.3 is 10.6 Å². The minimum atomic E-state index is -0.420. The Morgan fingerprint density at radius 1 is 1.41 bits per heavy atom. The summed E-state index contributed by atoms with van der Waals surface area (Å²) in [5.74, 6) is 1.61. The van der Waals surface area contributed by atoms with Crippen LogP contribution in [0.3, 0.4) is 0 Å². The summed E-state index contributed by atoms with van der Waals surface area (Å²) >= 11 is 0. The highest BCUT2D eigenvalue weighted by molar-refractivity contribution is 5.54. The molecule has 0 aliphatic heterocycles. The smallest absolute Gasteiger partial charge is 0.276 e. The number of hydrogen-bond acceptors (Lipinski definition) is 5. The number of hydrogen-bond donors (Lipinski definition) is 2. The number of nitrogens with zero attached hydrogens (tertiary/aromatic N) is 2. The van der Waals surface area contributed by atoms with E-state index in [2.05, 4.69) is 29.5 Å². The van der Waals surface area contributed by atoms with Gasteiger partial charge in [0, 0.05) is 13.6 Å². The van der Waals surface area contributed by atoms with Gasteiger partial charge in [-0.05, 0) is 12.3 Å². The van der Waals surface area contributed by atoms with Crippen molar-refractivity contribution in [1.82, 2.24) is 4.98 Å². The van der Waals surface area contributed by atoms with E-state index in [4.69, 9.17) is 0 Å². The molecule has 0 fully saturated rings. The summed E-state index contributed by atoms with van der Waals surface area (Å²) in [6.45, 7) is 5.01. The molecule has 0 amide bonds. The second-order valence-corrected chi connectivity index (χ2v) is 4.21. The molecule has 0 aromatic carbocycles. The van der Waals surface area contributed by atoms with Crippen LogP contribution in [-0.2, 0) is 0 Å². The lowest BCUT2D eigenvalue weighted by atomic mass is 10.1. The molecule has 1 aromatic heterocycles. The van der Waals surface area contributed by atoms with E-state index < -0.39 is 4.92 Å². The van der Waals surface area contributed by atoms with Crippen LogP contribution in [0.15, 0.2) is 12.1 Å². The minimum absolute atomic E-state index is 0.0383. The first-order valence-corrected chi connectivity index (χ1v) is 5.61. The third kappa shape index (κ3) is 4.26. The fourth-order valence-corrected chi connectivity index (χ4v) is 1.33. The van der Waals surface area contributed by atoms with Gasteiger partial charge in [-0.2, -0.15) is 0 Å². The fraction of sp³-hybridized carbons (Fsp3) is 0.545. The quantitative estimate of drug-likeness (QED) is 0.588. The normalized spacial score (nSPS) is 10.4. The van der Waals surface area contributed by atoms with E-state index in [1.807, 2.05) is 0 Å². The van der Waals surface area contributed by atoms with Gasteiger partial charge in [-0.1, -0.05) is 13.8 Å². The summed E-state index contributed by atoms with van der Waals surface area (Å²) in [5, 5.41) is 16.6. The van der Waals surface area contributed by atoms with E-state index in [-0.39, 0.29) is 5.69 Å². The topological polar surface area (TPSA) is 80.1 Å². The summed E-state index contributed by atoms with van der Waals surface area (Å²) in [4.78, 5) is 14.5. The maximum Gasteiger partial charge on any atom is 0.276 e. The average Bonchev–Trinajstić information content (AvgIpc) is 2.28. The van der Waals surface area contributed by atoms with Crippen molar-refractivity contribution in [3.8, 4) is 0 Å². The number of nitrogens with one attached hydrogen (secondary N) is 2. The largest absolute Gasteiger partial charge is 0.373 e. The molecule has 0 saturated carbocycles. The lowest BCUT2D eigenvalue weighted by Crippen LogP contribution is -2.07. The van der Waals surface area contributed by atoms with Crippen molar-refractivity contribution in [2.24, 2.45) is 5.92 Å². The molecule has 0 saturated heterocycles. The summed E-state index contributed by atoms with van der Waals surface area (Å²) in [7, 11) is 1.68. The monoisotopic (exact) mass is 238 g/mol. The van der Waals surface area contributed by atoms with Gasteiger partial charge in [0.1, 0.15) is 11.6 Å². The Bertz CT molecular complexity index is 393. The molecule has 17 heavy (non-hydrogen) atoms. The molecule has 0 atom stereocenters. The predicted octanol–water partition coefficient (Wildman–Crippen LogP) is 2.49. The first kappa shape index (κ1) is 13.2. The molecule has 0 unspecified atom stereocenters. The van der Waals surface area contributed by atoms with Crippen LogP contribution in [0.5, 0.6) is 0 Å². The van der Waals surface area contributed by atoms with Crippen LogP contribution in [0.25, 0.3) is 0 Å². The van der Waals surface area contributed by atoms with E-state index in [0.717, 1.165) is 13.0 Å². The van der Waals surface area contributed by atoms with Crippen molar-refractivity contribution in [2.75, 3.05) is 24.2 Å². The SMILES string of the molecule is CNc1cc([N+](=O)[O-])cc(NCCC(C)C)n1. The molecule has 0 aliphatic carbocycles.